The van der Waals surface area contributed by atoms with E-state index in [2.05, 4.69) is 32.7 Å². The zero-order chi connectivity index (χ0) is 16.8. The molecule has 2 heterocycles. The van der Waals surface area contributed by atoms with Crippen LogP contribution in [0.4, 0.5) is 16.2 Å². The number of anilines is 2. The maximum Gasteiger partial charge on any atom is 0.319 e. The van der Waals surface area contributed by atoms with E-state index in [9.17, 15) is 4.79 Å². The molecule has 0 spiro atoms. The molecule has 1 aromatic heterocycles. The third kappa shape index (κ3) is 4.44. The van der Waals surface area contributed by atoms with Crippen molar-refractivity contribution in [2.24, 2.45) is 0 Å². The first-order chi connectivity index (χ1) is 11.7. The Morgan fingerprint density at radius 3 is 2.88 bits per heavy atom. The summed E-state index contributed by atoms with van der Waals surface area (Å²) < 4.78 is 1.93. The highest BCUT2D eigenvalue weighted by Crippen LogP contribution is 2.24. The van der Waals surface area contributed by atoms with Crippen molar-refractivity contribution in [2.75, 3.05) is 41.4 Å². The topological polar surface area (TPSA) is 62.2 Å². The molecule has 2 N–H and O–H groups in total. The molecule has 1 aliphatic heterocycles. The number of aryl methyl sites for hydroxylation is 1. The van der Waals surface area contributed by atoms with Crippen molar-refractivity contribution >= 4 is 29.2 Å². The maximum atomic E-state index is 12.0. The van der Waals surface area contributed by atoms with Crippen LogP contribution >= 0.6 is 11.8 Å². The molecule has 1 fully saturated rings. The van der Waals surface area contributed by atoms with E-state index in [4.69, 9.17) is 0 Å². The number of hydrogen-bond donors (Lipinski definition) is 2. The zero-order valence-corrected chi connectivity index (χ0v) is 14.7. The molecule has 24 heavy (non-hydrogen) atoms. The molecule has 128 valence electrons. The van der Waals surface area contributed by atoms with Gasteiger partial charge in [0.1, 0.15) is 0 Å². The van der Waals surface area contributed by atoms with Crippen LogP contribution in [0.1, 0.15) is 5.56 Å². The Morgan fingerprint density at radius 1 is 1.33 bits per heavy atom. The number of imidazole rings is 1. The van der Waals surface area contributed by atoms with Gasteiger partial charge in [0.15, 0.2) is 0 Å². The van der Waals surface area contributed by atoms with Crippen LogP contribution in [0.25, 0.3) is 0 Å². The van der Waals surface area contributed by atoms with E-state index in [1.165, 1.54) is 17.2 Å². The van der Waals surface area contributed by atoms with Crippen molar-refractivity contribution in [1.29, 1.82) is 0 Å². The number of hydrogen-bond acceptors (Lipinski definition) is 4. The van der Waals surface area contributed by atoms with E-state index in [0.29, 0.717) is 13.1 Å². The Hall–Kier alpha value is -2.15. The number of thioether (sulfide) groups is 1. The predicted molar refractivity (Wildman–Crippen MR) is 100.0 cm³/mol. The van der Waals surface area contributed by atoms with Crippen molar-refractivity contribution in [3.05, 3.63) is 42.5 Å². The number of aromatic nitrogens is 2. The van der Waals surface area contributed by atoms with E-state index >= 15 is 0 Å². The van der Waals surface area contributed by atoms with Crippen LogP contribution in [-0.4, -0.2) is 46.7 Å². The lowest BCUT2D eigenvalue weighted by atomic mass is 10.1. The number of benzene rings is 1. The molecule has 0 aliphatic carbocycles. The second-order valence-electron chi connectivity index (χ2n) is 5.78. The molecule has 7 heteroatoms. The number of rotatable bonds is 5. The van der Waals surface area contributed by atoms with Crippen LogP contribution in [0.3, 0.4) is 0 Å². The Balaban J connectivity index is 1.51. The number of urea groups is 1. The van der Waals surface area contributed by atoms with E-state index in [0.717, 1.165) is 24.3 Å². The quantitative estimate of drug-likeness (QED) is 0.874. The van der Waals surface area contributed by atoms with Gasteiger partial charge in [0.05, 0.1) is 6.33 Å². The molecule has 0 atom stereocenters. The van der Waals surface area contributed by atoms with Gasteiger partial charge in [-0.1, -0.05) is 0 Å². The van der Waals surface area contributed by atoms with Crippen LogP contribution in [0.15, 0.2) is 36.9 Å². The van der Waals surface area contributed by atoms with Crippen molar-refractivity contribution < 1.29 is 4.79 Å². The smallest absolute Gasteiger partial charge is 0.319 e. The summed E-state index contributed by atoms with van der Waals surface area (Å²) in [4.78, 5) is 18.4. The molecule has 1 saturated heterocycles. The summed E-state index contributed by atoms with van der Waals surface area (Å²) in [6.07, 6.45) is 5.34. The average Bonchev–Trinajstić information content (AvgIpc) is 3.11. The first kappa shape index (κ1) is 16.7. The lowest BCUT2D eigenvalue weighted by molar-refractivity contribution is 0.251. The van der Waals surface area contributed by atoms with Crippen LogP contribution < -0.4 is 15.5 Å². The highest BCUT2D eigenvalue weighted by molar-refractivity contribution is 7.99. The van der Waals surface area contributed by atoms with Gasteiger partial charge in [0, 0.05) is 61.5 Å². The minimum absolute atomic E-state index is 0.180. The fourth-order valence-electron chi connectivity index (χ4n) is 2.69. The zero-order valence-electron chi connectivity index (χ0n) is 13.9. The summed E-state index contributed by atoms with van der Waals surface area (Å²) in [5.74, 6) is 2.36. The van der Waals surface area contributed by atoms with Crippen LogP contribution in [0.2, 0.25) is 0 Å². The van der Waals surface area contributed by atoms with Gasteiger partial charge in [-0.3, -0.25) is 0 Å². The van der Waals surface area contributed by atoms with Crippen LogP contribution in [0, 0.1) is 6.92 Å². The van der Waals surface area contributed by atoms with Crippen molar-refractivity contribution in [2.45, 2.75) is 13.5 Å². The summed E-state index contributed by atoms with van der Waals surface area (Å²) in [5.41, 5.74) is 3.17. The van der Waals surface area contributed by atoms with Gasteiger partial charge in [-0.15, -0.1) is 0 Å². The minimum atomic E-state index is -0.180. The number of carbonyl (C=O) groups is 1. The summed E-state index contributed by atoms with van der Waals surface area (Å²) in [6.45, 7) is 5.48. The summed E-state index contributed by atoms with van der Waals surface area (Å²) in [7, 11) is 0. The molecule has 0 radical (unpaired) electrons. The van der Waals surface area contributed by atoms with Crippen molar-refractivity contribution in [1.82, 2.24) is 14.9 Å². The molecule has 0 bridgehead atoms. The van der Waals surface area contributed by atoms with E-state index in [1.54, 1.807) is 12.5 Å². The fraction of sp³-hybridized carbons (Fsp3) is 0.412. The molecule has 2 amide bonds. The number of carbonyl (C=O) groups excluding carboxylic acids is 1. The molecule has 0 saturated carbocycles. The second kappa shape index (κ2) is 8.10. The largest absolute Gasteiger partial charge is 0.370 e. The van der Waals surface area contributed by atoms with Crippen LogP contribution in [-0.2, 0) is 6.54 Å². The molecule has 0 unspecified atom stereocenters. The number of amides is 2. The average molecular weight is 345 g/mol. The van der Waals surface area contributed by atoms with Gasteiger partial charge in [-0.05, 0) is 30.7 Å². The number of nitrogens with zero attached hydrogens (tertiary/aromatic N) is 3. The molecular weight excluding hydrogens is 322 g/mol. The standard InChI is InChI=1S/C17H23N5OS/c1-14-12-15(22-8-10-24-11-9-22)2-3-16(14)20-17(23)19-5-7-21-6-4-18-13-21/h2-4,6,12-13H,5,7-11H2,1H3,(H2,19,20,23). The normalized spacial score (nSPS) is 14.5. The molecular formula is C17H23N5OS. The third-order valence-electron chi connectivity index (χ3n) is 4.05. The molecule has 3 rings (SSSR count). The van der Waals surface area contributed by atoms with Crippen LogP contribution in [0.5, 0.6) is 0 Å². The van der Waals surface area contributed by atoms with E-state index in [1.807, 2.05) is 35.5 Å². The van der Waals surface area contributed by atoms with Gasteiger partial charge in [0.2, 0.25) is 0 Å². The summed E-state index contributed by atoms with van der Waals surface area (Å²) >= 11 is 2.00. The van der Waals surface area contributed by atoms with Crippen molar-refractivity contribution in [3.63, 3.8) is 0 Å². The lowest BCUT2D eigenvalue weighted by Gasteiger charge is -2.29. The SMILES string of the molecule is Cc1cc(N2CCSCC2)ccc1NC(=O)NCCn1ccnc1. The Kier molecular flexibility index (Phi) is 5.63. The third-order valence-corrected chi connectivity index (χ3v) is 4.99. The minimum Gasteiger partial charge on any atom is -0.370 e. The monoisotopic (exact) mass is 345 g/mol. The van der Waals surface area contributed by atoms with Gasteiger partial charge < -0.3 is 20.1 Å². The second-order valence-corrected chi connectivity index (χ2v) is 7.00. The Morgan fingerprint density at radius 2 is 2.17 bits per heavy atom. The summed E-state index contributed by atoms with van der Waals surface area (Å²) in [6, 6.07) is 6.04. The van der Waals surface area contributed by atoms with Crippen molar-refractivity contribution in [3.8, 4) is 0 Å². The maximum absolute atomic E-state index is 12.0. The van der Waals surface area contributed by atoms with E-state index < -0.39 is 0 Å². The molecule has 6 nitrogen and oxygen atoms in total. The first-order valence-electron chi connectivity index (χ1n) is 8.16. The summed E-state index contributed by atoms with van der Waals surface area (Å²) in [5, 5.41) is 5.79. The number of nitrogens with one attached hydrogen (secondary N) is 2. The van der Waals surface area contributed by atoms with Gasteiger partial charge >= 0.3 is 6.03 Å². The molecule has 1 aromatic carbocycles. The lowest BCUT2D eigenvalue weighted by Crippen LogP contribution is -2.33. The highest BCUT2D eigenvalue weighted by Gasteiger charge is 2.12. The molecule has 2 aromatic rings. The van der Waals surface area contributed by atoms with Gasteiger partial charge in [-0.2, -0.15) is 11.8 Å². The Bertz CT molecular complexity index is 668. The Labute approximate surface area is 146 Å². The van der Waals surface area contributed by atoms with E-state index in [-0.39, 0.29) is 6.03 Å². The predicted octanol–water partition coefficient (Wildman–Crippen LogP) is 2.57. The first-order valence-corrected chi connectivity index (χ1v) is 9.32. The highest BCUT2D eigenvalue weighted by atomic mass is 32.2. The van der Waals surface area contributed by atoms with Gasteiger partial charge in [0.25, 0.3) is 0 Å². The molecule has 1 aliphatic rings. The fourth-order valence-corrected chi connectivity index (χ4v) is 3.59. The van der Waals surface area contributed by atoms with Gasteiger partial charge in [-0.25, -0.2) is 9.78 Å².